The number of benzene rings is 1. The number of carboxylic acid groups (broad SMARTS) is 1. The molecule has 222 valence electrons. The van der Waals surface area contributed by atoms with Crippen LogP contribution in [0.4, 0.5) is 13.6 Å². The number of hydrogen-bond acceptors (Lipinski definition) is 7. The molecule has 0 bridgehead atoms. The van der Waals surface area contributed by atoms with Crippen molar-refractivity contribution < 1.29 is 28.2 Å². The number of nitrogens with one attached hydrogen (secondary N) is 1. The van der Waals surface area contributed by atoms with Gasteiger partial charge in [0.2, 0.25) is 5.91 Å². The van der Waals surface area contributed by atoms with E-state index in [9.17, 15) is 14.7 Å². The van der Waals surface area contributed by atoms with E-state index in [-0.39, 0.29) is 34.6 Å². The van der Waals surface area contributed by atoms with Gasteiger partial charge in [-0.05, 0) is 55.3 Å². The quantitative estimate of drug-likeness (QED) is 0.212. The summed E-state index contributed by atoms with van der Waals surface area (Å²) < 4.78 is 35.2. The number of carbonyl (C=O) groups excluding carboxylic acids is 1. The van der Waals surface area contributed by atoms with Crippen molar-refractivity contribution in [2.45, 2.75) is 49.3 Å². The Hall–Kier alpha value is -3.60. The first kappa shape index (κ1) is 31.3. The Morgan fingerprint density at radius 3 is 2.67 bits per heavy atom. The lowest BCUT2D eigenvalue weighted by Gasteiger charge is -2.36. The van der Waals surface area contributed by atoms with E-state index in [4.69, 9.17) is 15.0 Å². The number of aromatic nitrogens is 1. The van der Waals surface area contributed by atoms with Crippen LogP contribution in [0.25, 0.3) is 11.9 Å². The molecule has 2 aliphatic rings. The molecule has 2 amide bonds. The molecule has 1 aromatic heterocycles. The Morgan fingerprint density at radius 1 is 1.33 bits per heavy atom. The van der Waals surface area contributed by atoms with E-state index in [1.54, 1.807) is 6.92 Å². The summed E-state index contributed by atoms with van der Waals surface area (Å²) in [7, 11) is 0.0781. The van der Waals surface area contributed by atoms with E-state index >= 15 is 8.78 Å². The highest BCUT2D eigenvalue weighted by molar-refractivity contribution is 8.16. The Balaban J connectivity index is 1.72. The number of aliphatic imine (C=N–C) groups is 1. The zero-order chi connectivity index (χ0) is 30.9. The van der Waals surface area contributed by atoms with E-state index in [0.29, 0.717) is 18.6 Å². The predicted molar refractivity (Wildman–Crippen MR) is 160 cm³/mol. The first-order valence-corrected chi connectivity index (χ1v) is 17.9. The highest BCUT2D eigenvalue weighted by atomic mass is 32.2. The lowest BCUT2D eigenvalue weighted by Crippen LogP contribution is -2.47. The minimum atomic E-state index is -1.42. The number of fused-ring (bicyclic) bond motifs is 1. The van der Waals surface area contributed by atoms with Crippen LogP contribution < -0.4 is 5.32 Å². The summed E-state index contributed by atoms with van der Waals surface area (Å²) >= 11 is 1.04. The summed E-state index contributed by atoms with van der Waals surface area (Å²) in [5.41, 5.74) is -0.616. The van der Waals surface area contributed by atoms with Crippen LogP contribution in [0.15, 0.2) is 41.5 Å². The Labute approximate surface area is 248 Å². The van der Waals surface area contributed by atoms with E-state index in [1.165, 1.54) is 49.7 Å². The van der Waals surface area contributed by atoms with Crippen LogP contribution in [-0.2, 0) is 15.1 Å². The van der Waals surface area contributed by atoms with Crippen LogP contribution in [0.1, 0.15) is 35.7 Å². The molecule has 2 heterocycles. The van der Waals surface area contributed by atoms with Crippen LogP contribution >= 0.6 is 11.8 Å². The highest BCUT2D eigenvalue weighted by Gasteiger charge is 2.71. The van der Waals surface area contributed by atoms with Crippen molar-refractivity contribution in [3.63, 3.8) is 0 Å². The average Bonchev–Trinajstić information content (AvgIpc) is 3.70. The molecule has 1 aliphatic carbocycles. The molecule has 1 aromatic carbocycles. The van der Waals surface area contributed by atoms with Crippen molar-refractivity contribution in [2.24, 2.45) is 10.9 Å². The van der Waals surface area contributed by atoms with Crippen LogP contribution in [-0.4, -0.2) is 65.4 Å². The first-order chi connectivity index (χ1) is 19.7. The van der Waals surface area contributed by atoms with Crippen molar-refractivity contribution >= 4 is 48.9 Å². The molecule has 0 spiro atoms. The number of hydrogen-bond donors (Lipinski definition) is 2. The lowest BCUT2D eigenvalue weighted by molar-refractivity contribution is -0.121. The molecule has 4 rings (SSSR count). The number of amidine groups is 1. The molecule has 0 radical (unpaired) electrons. The van der Waals surface area contributed by atoms with Crippen LogP contribution in [0.5, 0.6) is 0 Å². The van der Waals surface area contributed by atoms with Crippen LogP contribution in [0, 0.1) is 23.1 Å². The van der Waals surface area contributed by atoms with Crippen LogP contribution in [0.3, 0.4) is 0 Å². The second-order valence-electron chi connectivity index (χ2n) is 11.7. The fourth-order valence-electron chi connectivity index (χ4n) is 4.91. The number of thioether (sulfide) groups is 1. The zero-order valence-electron chi connectivity index (χ0n) is 24.1. The van der Waals surface area contributed by atoms with Gasteiger partial charge in [-0.1, -0.05) is 37.5 Å². The summed E-state index contributed by atoms with van der Waals surface area (Å²) in [4.78, 5) is 35.1. The van der Waals surface area contributed by atoms with Crippen molar-refractivity contribution in [3.8, 4) is 6.07 Å². The molecule has 0 unspecified atom stereocenters. The third-order valence-corrected chi connectivity index (χ3v) is 10.6. The molecule has 9 nitrogen and oxygen atoms in total. The largest absolute Gasteiger partial charge is 0.465 e. The highest BCUT2D eigenvalue weighted by Crippen LogP contribution is 2.66. The molecule has 1 aliphatic heterocycles. The molecule has 3 atom stereocenters. The topological polar surface area (TPSA) is 128 Å². The summed E-state index contributed by atoms with van der Waals surface area (Å²) in [5, 5.41) is 21.7. The molecule has 0 saturated heterocycles. The van der Waals surface area contributed by atoms with Gasteiger partial charge >= 0.3 is 6.09 Å². The number of nitriles is 1. The maximum absolute atomic E-state index is 15.5. The smallest absolute Gasteiger partial charge is 0.415 e. The van der Waals surface area contributed by atoms with Gasteiger partial charge in [-0.3, -0.25) is 14.8 Å². The second-order valence-corrected chi connectivity index (χ2v) is 18.6. The van der Waals surface area contributed by atoms with Gasteiger partial charge in [-0.15, -0.1) is 0 Å². The molecule has 2 N–H and O–H groups in total. The number of carbonyl (C=O) groups is 2. The summed E-state index contributed by atoms with van der Waals surface area (Å²) in [6.07, 6.45) is 1.48. The number of nitrogens with zero attached hydrogens (tertiary/aromatic N) is 4. The predicted octanol–water partition coefficient (Wildman–Crippen LogP) is 5.67. The zero-order valence-corrected chi connectivity index (χ0v) is 25.9. The Kier molecular flexibility index (Phi) is 8.91. The fourth-order valence-corrected chi connectivity index (χ4v) is 7.29. The third-order valence-electron chi connectivity index (χ3n) is 7.45. The molecule has 42 heavy (non-hydrogen) atoms. The van der Waals surface area contributed by atoms with Gasteiger partial charge in [0, 0.05) is 39.4 Å². The number of rotatable bonds is 9. The molecular formula is C29H33F2N5O4SSi. The minimum absolute atomic E-state index is 0.00696. The SMILES string of the molecule is CNC(=O)[C@]12C[C@H]1[C@@](C)(c1cc(/C=C(\F)c3ccc(C#N)cn3)ccc1F)N=C(N(COCC[Si](C)(C)C)C(=O)O)S2. The summed E-state index contributed by atoms with van der Waals surface area (Å²) in [5.74, 6) is -2.06. The fraction of sp³-hybridized carbons (Fsp3) is 0.414. The maximum atomic E-state index is 15.5. The van der Waals surface area contributed by atoms with Gasteiger partial charge in [0.1, 0.15) is 29.2 Å². The number of ether oxygens (including phenoxy) is 1. The molecule has 13 heteroatoms. The van der Waals surface area contributed by atoms with Gasteiger partial charge in [-0.25, -0.2) is 18.5 Å². The Bertz CT molecular complexity index is 1490. The van der Waals surface area contributed by atoms with Gasteiger partial charge in [0.05, 0.1) is 16.8 Å². The van der Waals surface area contributed by atoms with Gasteiger partial charge in [-0.2, -0.15) is 5.26 Å². The number of pyridine rings is 1. The molecule has 2 aromatic rings. The van der Waals surface area contributed by atoms with E-state index in [0.717, 1.165) is 22.7 Å². The maximum Gasteiger partial charge on any atom is 0.415 e. The number of amides is 2. The number of halogens is 2. The summed E-state index contributed by atoms with van der Waals surface area (Å²) in [6.45, 7) is 8.30. The van der Waals surface area contributed by atoms with Gasteiger partial charge in [0.25, 0.3) is 0 Å². The van der Waals surface area contributed by atoms with Crippen molar-refractivity contribution in [1.82, 2.24) is 15.2 Å². The molecule has 1 saturated carbocycles. The van der Waals surface area contributed by atoms with Crippen molar-refractivity contribution in [2.75, 3.05) is 20.4 Å². The van der Waals surface area contributed by atoms with E-state index < -0.39 is 42.0 Å². The Morgan fingerprint density at radius 2 is 2.07 bits per heavy atom. The molecular weight excluding hydrogens is 580 g/mol. The van der Waals surface area contributed by atoms with Gasteiger partial charge in [0.15, 0.2) is 5.17 Å². The first-order valence-electron chi connectivity index (χ1n) is 13.4. The minimum Gasteiger partial charge on any atom is -0.465 e. The second kappa shape index (κ2) is 11.9. The van der Waals surface area contributed by atoms with Crippen molar-refractivity contribution in [3.05, 3.63) is 64.7 Å². The summed E-state index contributed by atoms with van der Waals surface area (Å²) in [6, 6.07) is 9.63. The monoisotopic (exact) mass is 613 g/mol. The van der Waals surface area contributed by atoms with E-state index in [2.05, 4.69) is 29.9 Å². The van der Waals surface area contributed by atoms with Gasteiger partial charge < -0.3 is 15.2 Å². The average molecular weight is 614 g/mol. The lowest BCUT2D eigenvalue weighted by atomic mass is 9.84. The van der Waals surface area contributed by atoms with Crippen LogP contribution in [0.2, 0.25) is 25.7 Å². The third kappa shape index (κ3) is 6.40. The standard InChI is InChI=1S/C29H33F2N5O4SSi/c1-28(20-12-18(6-8-21(20)30)13-22(31)23-9-7-19(15-32)16-34-23)24-14-29(24,25(37)33-2)41-26(35-28)36(27(38)39)17-40-10-11-42(3,4)5/h6-9,12-13,16,24H,10-11,14,17H2,1-5H3,(H,33,37)(H,38,39)/b22-13-/t24-,28+,29-/m0/s1. The van der Waals surface area contributed by atoms with Crippen molar-refractivity contribution in [1.29, 1.82) is 5.26 Å². The normalized spacial score (nSPS) is 23.3. The molecule has 1 fully saturated rings. The van der Waals surface area contributed by atoms with E-state index in [1.807, 2.05) is 6.07 Å².